The fourth-order valence-corrected chi connectivity index (χ4v) is 4.74. The number of rotatable bonds is 2. The van der Waals surface area contributed by atoms with Gasteiger partial charge in [0.1, 0.15) is 6.07 Å². The topological polar surface area (TPSA) is 102 Å². The van der Waals surface area contributed by atoms with E-state index in [0.717, 1.165) is 11.1 Å². The Balaban J connectivity index is 1.62. The van der Waals surface area contributed by atoms with Crippen LogP contribution in [0.2, 0.25) is 10.0 Å². The molecule has 0 amide bonds. The third-order valence-electron chi connectivity index (χ3n) is 5.50. The van der Waals surface area contributed by atoms with Crippen molar-refractivity contribution in [2.75, 3.05) is 6.79 Å². The summed E-state index contributed by atoms with van der Waals surface area (Å²) in [6.07, 6.45) is -0.445. The van der Waals surface area contributed by atoms with Gasteiger partial charge in [-0.15, -0.1) is 0 Å². The lowest BCUT2D eigenvalue weighted by Gasteiger charge is -2.36. The summed E-state index contributed by atoms with van der Waals surface area (Å²) in [5.41, 5.74) is 14.6. The minimum atomic E-state index is -0.445. The van der Waals surface area contributed by atoms with E-state index in [2.05, 4.69) is 16.9 Å². The Bertz CT molecular complexity index is 1070. The summed E-state index contributed by atoms with van der Waals surface area (Å²) in [5.74, 6) is 0.888. The molecule has 2 aromatic rings. The van der Waals surface area contributed by atoms with Crippen molar-refractivity contribution in [2.45, 2.75) is 18.2 Å². The number of nitrogens with one attached hydrogen (secondary N) is 2. The number of nitrogens with two attached hydrogens (primary N) is 1. The van der Waals surface area contributed by atoms with Gasteiger partial charge in [0.2, 0.25) is 12.7 Å². The van der Waals surface area contributed by atoms with Crippen molar-refractivity contribution in [1.82, 2.24) is 10.9 Å². The maximum Gasteiger partial charge on any atom is 0.231 e. The Hall–Kier alpha value is -2.63. The molecule has 1 saturated heterocycles. The molecule has 3 heterocycles. The third-order valence-corrected chi connectivity index (χ3v) is 6.07. The number of allylic oxidation sites excluding steroid dienone is 1. The van der Waals surface area contributed by atoms with E-state index in [1.807, 2.05) is 24.3 Å². The molecule has 148 valence electrons. The Morgan fingerprint density at radius 1 is 1.07 bits per heavy atom. The third kappa shape index (κ3) is 2.96. The first-order chi connectivity index (χ1) is 14.1. The number of halogens is 2. The number of hydrogen-bond acceptors (Lipinski definition) is 7. The van der Waals surface area contributed by atoms with Gasteiger partial charge in [0.25, 0.3) is 0 Å². The molecule has 0 spiro atoms. The van der Waals surface area contributed by atoms with E-state index in [9.17, 15) is 5.26 Å². The molecule has 4 atom stereocenters. The minimum Gasteiger partial charge on any atom is -0.458 e. The number of benzene rings is 2. The normalized spacial score (nSPS) is 27.3. The fourth-order valence-electron chi connectivity index (χ4n) is 4.21. The molecule has 0 aliphatic carbocycles. The van der Waals surface area contributed by atoms with Crippen LogP contribution < -0.4 is 26.1 Å². The van der Waals surface area contributed by atoms with Gasteiger partial charge in [0, 0.05) is 21.9 Å². The molecule has 3 aliphatic rings. The van der Waals surface area contributed by atoms with E-state index in [1.54, 1.807) is 12.1 Å². The summed E-state index contributed by atoms with van der Waals surface area (Å²) in [6, 6.07) is 13.0. The van der Waals surface area contributed by atoms with Crippen LogP contribution in [0, 0.1) is 17.2 Å². The van der Waals surface area contributed by atoms with Gasteiger partial charge in [-0.2, -0.15) is 5.26 Å². The lowest BCUT2D eigenvalue weighted by Crippen LogP contribution is -2.41. The number of fused-ring (bicyclic) bond motifs is 2. The first-order valence-electron chi connectivity index (χ1n) is 8.99. The second-order valence-electron chi connectivity index (χ2n) is 7.03. The van der Waals surface area contributed by atoms with E-state index in [-0.39, 0.29) is 30.6 Å². The second-order valence-corrected chi connectivity index (χ2v) is 7.87. The van der Waals surface area contributed by atoms with Gasteiger partial charge in [-0.25, -0.2) is 10.9 Å². The summed E-state index contributed by atoms with van der Waals surface area (Å²) in [6.45, 7) is 0.200. The molecule has 7 nitrogen and oxygen atoms in total. The molecule has 0 aromatic heterocycles. The summed E-state index contributed by atoms with van der Waals surface area (Å²) in [7, 11) is 0. The van der Waals surface area contributed by atoms with Gasteiger partial charge in [0.15, 0.2) is 17.7 Å². The Morgan fingerprint density at radius 2 is 1.90 bits per heavy atom. The van der Waals surface area contributed by atoms with E-state index >= 15 is 0 Å². The van der Waals surface area contributed by atoms with Crippen molar-refractivity contribution in [1.29, 1.82) is 5.26 Å². The van der Waals surface area contributed by atoms with Crippen LogP contribution in [0.15, 0.2) is 47.9 Å². The lowest BCUT2D eigenvalue weighted by atomic mass is 9.74. The van der Waals surface area contributed by atoms with Crippen molar-refractivity contribution >= 4 is 23.2 Å². The van der Waals surface area contributed by atoms with Crippen molar-refractivity contribution in [3.63, 3.8) is 0 Å². The first-order valence-corrected chi connectivity index (χ1v) is 9.74. The Kier molecular flexibility index (Phi) is 4.45. The van der Waals surface area contributed by atoms with Crippen LogP contribution in [-0.4, -0.2) is 13.0 Å². The zero-order valence-electron chi connectivity index (χ0n) is 15.0. The van der Waals surface area contributed by atoms with Crippen molar-refractivity contribution < 1.29 is 14.2 Å². The van der Waals surface area contributed by atoms with Crippen LogP contribution in [0.5, 0.6) is 11.5 Å². The maximum atomic E-state index is 9.83. The summed E-state index contributed by atoms with van der Waals surface area (Å²) in [4.78, 5) is 0. The van der Waals surface area contributed by atoms with Crippen molar-refractivity contribution in [2.24, 2.45) is 11.7 Å². The number of ether oxygens (including phenoxy) is 3. The highest BCUT2D eigenvalue weighted by Gasteiger charge is 2.49. The van der Waals surface area contributed by atoms with Crippen LogP contribution in [0.25, 0.3) is 0 Å². The summed E-state index contributed by atoms with van der Waals surface area (Å²) >= 11 is 12.6. The SMILES string of the molecule is N#CC1=C(N)OC2NNC(c3ccc4c(c3)OCO4)C2C1c1ccc(Cl)cc1Cl. The lowest BCUT2D eigenvalue weighted by molar-refractivity contribution is 0.0341. The van der Waals surface area contributed by atoms with Crippen molar-refractivity contribution in [3.8, 4) is 17.6 Å². The molecule has 4 N–H and O–H groups in total. The van der Waals surface area contributed by atoms with E-state index in [1.165, 1.54) is 0 Å². The zero-order valence-corrected chi connectivity index (χ0v) is 16.5. The fraction of sp³-hybridized carbons (Fsp3) is 0.250. The van der Waals surface area contributed by atoms with E-state index < -0.39 is 6.23 Å². The van der Waals surface area contributed by atoms with E-state index in [4.69, 9.17) is 43.1 Å². The number of hydrogen-bond donors (Lipinski definition) is 3. The smallest absolute Gasteiger partial charge is 0.231 e. The molecular weight excluding hydrogens is 415 g/mol. The van der Waals surface area contributed by atoms with Gasteiger partial charge in [-0.1, -0.05) is 35.3 Å². The van der Waals surface area contributed by atoms with Gasteiger partial charge < -0.3 is 19.9 Å². The predicted molar refractivity (Wildman–Crippen MR) is 106 cm³/mol. The van der Waals surface area contributed by atoms with Crippen LogP contribution >= 0.6 is 23.2 Å². The second kappa shape index (κ2) is 7.01. The predicted octanol–water partition coefficient (Wildman–Crippen LogP) is 3.32. The van der Waals surface area contributed by atoms with E-state index in [0.29, 0.717) is 27.1 Å². The van der Waals surface area contributed by atoms with Crippen LogP contribution in [-0.2, 0) is 4.74 Å². The highest BCUT2D eigenvalue weighted by atomic mass is 35.5. The average Bonchev–Trinajstić information content (AvgIpc) is 3.33. The average molecular weight is 431 g/mol. The molecule has 2 aromatic carbocycles. The summed E-state index contributed by atoms with van der Waals surface area (Å²) in [5, 5.41) is 10.8. The largest absolute Gasteiger partial charge is 0.458 e. The zero-order chi connectivity index (χ0) is 20.1. The monoisotopic (exact) mass is 430 g/mol. The van der Waals surface area contributed by atoms with Crippen LogP contribution in [0.1, 0.15) is 23.1 Å². The van der Waals surface area contributed by atoms with Gasteiger partial charge in [0.05, 0.1) is 11.6 Å². The quantitative estimate of drug-likeness (QED) is 0.671. The Labute approximate surface area is 176 Å². The standard InChI is InChI=1S/C20H16Cl2N4O3/c21-10-2-3-11(13(22)6-10)16-12(7-23)19(24)29-20-17(16)18(25-26-20)9-1-4-14-15(5-9)28-8-27-14/h1-6,16-18,20,25-26H,8,24H2. The molecule has 3 aliphatic heterocycles. The molecule has 0 saturated carbocycles. The molecule has 5 rings (SSSR count). The molecule has 1 fully saturated rings. The molecule has 9 heteroatoms. The Morgan fingerprint density at radius 3 is 2.69 bits per heavy atom. The minimum absolute atomic E-state index is 0.0883. The molecular formula is C20H16Cl2N4O3. The number of hydrazine groups is 1. The molecule has 4 unspecified atom stereocenters. The number of nitriles is 1. The van der Waals surface area contributed by atoms with Gasteiger partial charge >= 0.3 is 0 Å². The number of nitrogens with zero attached hydrogens (tertiary/aromatic N) is 1. The van der Waals surface area contributed by atoms with Crippen LogP contribution in [0.4, 0.5) is 0 Å². The van der Waals surface area contributed by atoms with Gasteiger partial charge in [-0.3, -0.25) is 0 Å². The molecule has 0 radical (unpaired) electrons. The van der Waals surface area contributed by atoms with Gasteiger partial charge in [-0.05, 0) is 35.4 Å². The summed E-state index contributed by atoms with van der Waals surface area (Å²) < 4.78 is 16.7. The van der Waals surface area contributed by atoms with Crippen LogP contribution in [0.3, 0.4) is 0 Å². The highest BCUT2D eigenvalue weighted by Crippen LogP contribution is 2.50. The molecule has 0 bridgehead atoms. The highest BCUT2D eigenvalue weighted by molar-refractivity contribution is 6.35. The van der Waals surface area contributed by atoms with Crippen molar-refractivity contribution in [3.05, 3.63) is 69.0 Å². The molecule has 29 heavy (non-hydrogen) atoms. The first kappa shape index (κ1) is 18.4. The maximum absolute atomic E-state index is 9.83.